The van der Waals surface area contributed by atoms with Gasteiger partial charge in [-0.3, -0.25) is 0 Å². The van der Waals surface area contributed by atoms with Gasteiger partial charge < -0.3 is 4.42 Å². The first-order valence-electron chi connectivity index (χ1n) is 21.4. The number of fused-ring (bicyclic) bond motifs is 11. The number of nitrogens with zero attached hydrogens (tertiary/aromatic N) is 1. The molecule has 13 rings (SSSR count). The van der Waals surface area contributed by atoms with Gasteiger partial charge in [0, 0.05) is 10.9 Å². The minimum absolute atomic E-state index is 0.538. The maximum absolute atomic E-state index is 6.61. The maximum Gasteiger partial charge on any atom is 0.227 e. The minimum Gasteiger partial charge on any atom is -0.435 e. The lowest BCUT2D eigenvalue weighted by Gasteiger charge is -2.35. The van der Waals surface area contributed by atoms with E-state index in [2.05, 4.69) is 194 Å². The lowest BCUT2D eigenvalue weighted by atomic mass is 9.66. The normalized spacial score (nSPS) is 13.0. The van der Waals surface area contributed by atoms with Crippen molar-refractivity contribution in [2.24, 2.45) is 0 Å². The van der Waals surface area contributed by atoms with Crippen LogP contribution in [0.1, 0.15) is 22.3 Å². The predicted octanol–water partition coefficient (Wildman–Crippen LogP) is 15.8. The number of oxazole rings is 1. The van der Waals surface area contributed by atoms with E-state index < -0.39 is 5.41 Å². The van der Waals surface area contributed by atoms with Gasteiger partial charge in [0.2, 0.25) is 5.89 Å². The summed E-state index contributed by atoms with van der Waals surface area (Å²) in [6.07, 6.45) is 0. The van der Waals surface area contributed by atoms with Crippen LogP contribution in [-0.2, 0) is 5.41 Å². The Hall–Kier alpha value is -8.07. The van der Waals surface area contributed by atoms with Crippen LogP contribution in [0.2, 0.25) is 0 Å². The maximum atomic E-state index is 6.61. The molecule has 288 valence electrons. The van der Waals surface area contributed by atoms with E-state index in [1.165, 1.54) is 71.6 Å². The molecule has 0 fully saturated rings. The quantitative estimate of drug-likeness (QED) is 0.162. The highest BCUT2D eigenvalue weighted by atomic mass is 16.3. The van der Waals surface area contributed by atoms with Crippen molar-refractivity contribution in [3.05, 3.63) is 247 Å². The van der Waals surface area contributed by atoms with E-state index in [1.807, 2.05) is 30.3 Å². The van der Waals surface area contributed by atoms with E-state index in [4.69, 9.17) is 9.40 Å². The minimum atomic E-state index is -0.538. The summed E-state index contributed by atoms with van der Waals surface area (Å²) in [6, 6.07) is 82.2. The molecule has 12 aromatic rings. The summed E-state index contributed by atoms with van der Waals surface area (Å²) in [7, 11) is 0. The van der Waals surface area contributed by atoms with Gasteiger partial charge >= 0.3 is 0 Å². The van der Waals surface area contributed by atoms with Crippen molar-refractivity contribution < 1.29 is 4.42 Å². The fraction of sp³-hybridized carbons (Fsp3) is 0.0167. The number of benzene rings is 11. The molecule has 1 aromatic heterocycles. The molecule has 2 heteroatoms. The average Bonchev–Trinajstić information content (AvgIpc) is 3.92. The Kier molecular flexibility index (Phi) is 7.55. The van der Waals surface area contributed by atoms with Crippen molar-refractivity contribution >= 4 is 54.2 Å². The first kappa shape index (κ1) is 34.8. The van der Waals surface area contributed by atoms with E-state index >= 15 is 0 Å². The summed E-state index contributed by atoms with van der Waals surface area (Å²) in [5.74, 6) is 0.634. The summed E-state index contributed by atoms with van der Waals surface area (Å²) in [6.45, 7) is 0. The molecule has 0 spiro atoms. The molecule has 1 aliphatic rings. The molecule has 1 aliphatic carbocycles. The number of hydrogen-bond donors (Lipinski definition) is 0. The second kappa shape index (κ2) is 13.5. The van der Waals surface area contributed by atoms with Crippen molar-refractivity contribution in [3.63, 3.8) is 0 Å². The fourth-order valence-electron chi connectivity index (χ4n) is 10.6. The van der Waals surface area contributed by atoms with Gasteiger partial charge in [0.05, 0.1) is 5.41 Å². The first-order valence-corrected chi connectivity index (χ1v) is 21.4. The Morgan fingerprint density at radius 3 is 1.74 bits per heavy atom. The lowest BCUT2D eigenvalue weighted by molar-refractivity contribution is 0.623. The highest BCUT2D eigenvalue weighted by molar-refractivity contribution is 6.19. The Bertz CT molecular complexity index is 3700. The van der Waals surface area contributed by atoms with Crippen molar-refractivity contribution in [1.29, 1.82) is 0 Å². The van der Waals surface area contributed by atoms with Gasteiger partial charge in [0.1, 0.15) is 5.52 Å². The zero-order valence-corrected chi connectivity index (χ0v) is 33.7. The molecule has 0 saturated heterocycles. The third-order valence-electron chi connectivity index (χ3n) is 13.3. The topological polar surface area (TPSA) is 26.0 Å². The summed E-state index contributed by atoms with van der Waals surface area (Å²) in [5, 5.41) is 9.49. The van der Waals surface area contributed by atoms with Crippen LogP contribution in [0, 0.1) is 0 Å². The fourth-order valence-corrected chi connectivity index (χ4v) is 10.6. The first-order chi connectivity index (χ1) is 30.7. The highest BCUT2D eigenvalue weighted by Gasteiger charge is 2.47. The van der Waals surface area contributed by atoms with Gasteiger partial charge in [0.25, 0.3) is 0 Å². The zero-order valence-electron chi connectivity index (χ0n) is 33.7. The summed E-state index contributed by atoms with van der Waals surface area (Å²) in [4.78, 5) is 4.93. The molecule has 0 amide bonds. The number of rotatable bonds is 5. The summed E-state index contributed by atoms with van der Waals surface area (Å²) in [5.41, 5.74) is 14.6. The van der Waals surface area contributed by atoms with Gasteiger partial charge in [-0.1, -0.05) is 182 Å². The molecule has 1 heterocycles. The van der Waals surface area contributed by atoms with Crippen molar-refractivity contribution in [1.82, 2.24) is 4.98 Å². The van der Waals surface area contributed by atoms with Crippen LogP contribution in [0.15, 0.2) is 229 Å². The van der Waals surface area contributed by atoms with E-state index in [0.717, 1.165) is 43.8 Å². The van der Waals surface area contributed by atoms with Crippen LogP contribution >= 0.6 is 0 Å². The molecule has 0 aliphatic heterocycles. The van der Waals surface area contributed by atoms with Gasteiger partial charge in [-0.25, -0.2) is 4.98 Å². The second-order valence-corrected chi connectivity index (χ2v) is 16.6. The van der Waals surface area contributed by atoms with E-state index in [0.29, 0.717) is 5.89 Å². The van der Waals surface area contributed by atoms with Crippen LogP contribution < -0.4 is 0 Å². The van der Waals surface area contributed by atoms with E-state index in [-0.39, 0.29) is 0 Å². The average molecular weight is 788 g/mol. The summed E-state index contributed by atoms with van der Waals surface area (Å²) >= 11 is 0. The van der Waals surface area contributed by atoms with Crippen LogP contribution in [-0.4, -0.2) is 4.98 Å². The van der Waals surface area contributed by atoms with Crippen LogP contribution in [0.4, 0.5) is 0 Å². The Morgan fingerprint density at radius 1 is 0.355 bits per heavy atom. The van der Waals surface area contributed by atoms with Crippen molar-refractivity contribution in [2.75, 3.05) is 0 Å². The molecule has 0 bridgehead atoms. The number of hydrogen-bond acceptors (Lipinski definition) is 2. The Balaban J connectivity index is 1.04. The van der Waals surface area contributed by atoms with E-state index in [9.17, 15) is 0 Å². The smallest absolute Gasteiger partial charge is 0.227 e. The molecule has 0 atom stereocenters. The second-order valence-electron chi connectivity index (χ2n) is 16.6. The molecule has 11 aromatic carbocycles. The predicted molar refractivity (Wildman–Crippen MR) is 258 cm³/mol. The van der Waals surface area contributed by atoms with Crippen LogP contribution in [0.3, 0.4) is 0 Å². The van der Waals surface area contributed by atoms with Gasteiger partial charge in [-0.05, 0) is 136 Å². The van der Waals surface area contributed by atoms with E-state index in [1.54, 1.807) is 0 Å². The third kappa shape index (κ3) is 5.07. The molecular weight excluding hydrogens is 751 g/mol. The van der Waals surface area contributed by atoms with Crippen molar-refractivity contribution in [3.8, 4) is 44.8 Å². The van der Waals surface area contributed by atoms with Gasteiger partial charge in [-0.2, -0.15) is 0 Å². The Morgan fingerprint density at radius 2 is 0.952 bits per heavy atom. The van der Waals surface area contributed by atoms with Crippen LogP contribution in [0.25, 0.3) is 99.0 Å². The van der Waals surface area contributed by atoms with Gasteiger partial charge in [-0.15, -0.1) is 0 Å². The lowest BCUT2D eigenvalue weighted by Crippen LogP contribution is -2.28. The van der Waals surface area contributed by atoms with Crippen molar-refractivity contribution in [2.45, 2.75) is 5.41 Å². The molecule has 2 nitrogen and oxygen atoms in total. The standard InChI is InChI=1S/C60H37NO/c1-4-15-41(16-5-1)59-61-55-33-30-40-26-24-39-25-27-42(35-53(39)56(40)58(55)62-59)45-34-43-17-11-12-22-48(43)52(36-45)44-29-31-50-51-32-28-38-14-10-13-23-49(38)57(51)60(54(50)37-44,46-18-6-2-7-19-46)47-20-8-3-9-21-47/h1-37H. The molecule has 62 heavy (non-hydrogen) atoms. The highest BCUT2D eigenvalue weighted by Crippen LogP contribution is 2.59. The largest absolute Gasteiger partial charge is 0.435 e. The molecule has 0 saturated carbocycles. The van der Waals surface area contributed by atoms with Gasteiger partial charge in [0.15, 0.2) is 5.58 Å². The SMILES string of the molecule is c1ccc(-c2nc3ccc4ccc5ccc(-c6cc(-c7ccc8c(c7)C(c7ccccc7)(c7ccccc7)c7c-8ccc8ccccc78)c7ccccc7c6)cc5c4c3o2)cc1. The monoisotopic (exact) mass is 787 g/mol. The summed E-state index contributed by atoms with van der Waals surface area (Å²) < 4.78 is 6.61. The third-order valence-corrected chi connectivity index (χ3v) is 13.3. The molecule has 0 unspecified atom stereocenters. The van der Waals surface area contributed by atoms with Crippen LogP contribution in [0.5, 0.6) is 0 Å². The molecule has 0 N–H and O–H groups in total. The zero-order chi connectivity index (χ0) is 40.8. The molecular formula is C60H37NO. The molecule has 0 radical (unpaired) electrons. The Labute approximate surface area is 359 Å². The number of aromatic nitrogens is 1.